The predicted molar refractivity (Wildman–Crippen MR) is 79.1 cm³/mol. The molecule has 21 heavy (non-hydrogen) atoms. The number of aromatic nitrogens is 1. The van der Waals surface area contributed by atoms with Crippen molar-refractivity contribution in [2.45, 2.75) is 25.4 Å². The van der Waals surface area contributed by atoms with E-state index in [9.17, 15) is 9.59 Å². The van der Waals surface area contributed by atoms with Gasteiger partial charge < -0.3 is 14.7 Å². The highest BCUT2D eigenvalue weighted by molar-refractivity contribution is 9.10. The number of carbonyl (C=O) groups is 2. The summed E-state index contributed by atoms with van der Waals surface area (Å²) >= 11 is 3.28. The molecular formula is C14H17BrN2O4. The van der Waals surface area contributed by atoms with E-state index in [4.69, 9.17) is 9.84 Å². The zero-order chi connectivity index (χ0) is 15.2. The van der Waals surface area contributed by atoms with Gasteiger partial charge in [0.2, 0.25) is 0 Å². The summed E-state index contributed by atoms with van der Waals surface area (Å²) in [5.74, 6) is -1.15. The van der Waals surface area contributed by atoms with E-state index in [0.717, 1.165) is 12.8 Å². The number of hydrogen-bond acceptors (Lipinski definition) is 4. The molecule has 0 spiro atoms. The van der Waals surface area contributed by atoms with Crippen LogP contribution in [0.25, 0.3) is 0 Å². The van der Waals surface area contributed by atoms with Gasteiger partial charge in [-0.1, -0.05) is 0 Å². The molecule has 1 saturated heterocycles. The Morgan fingerprint density at radius 1 is 1.48 bits per heavy atom. The molecule has 1 atom stereocenters. The number of aliphatic carboxylic acids is 1. The Morgan fingerprint density at radius 3 is 2.90 bits per heavy atom. The molecule has 1 fully saturated rings. The number of carboxylic acid groups (broad SMARTS) is 1. The van der Waals surface area contributed by atoms with E-state index in [-0.39, 0.29) is 25.0 Å². The van der Waals surface area contributed by atoms with Crippen LogP contribution in [0.5, 0.6) is 0 Å². The van der Waals surface area contributed by atoms with Gasteiger partial charge in [-0.3, -0.25) is 14.6 Å². The van der Waals surface area contributed by atoms with Gasteiger partial charge in [0.25, 0.3) is 5.91 Å². The fraction of sp³-hybridized carbons (Fsp3) is 0.500. The molecule has 114 valence electrons. The first kappa shape index (κ1) is 15.9. The first-order chi connectivity index (χ1) is 10.1. The van der Waals surface area contributed by atoms with Gasteiger partial charge in [-0.25, -0.2) is 0 Å². The third-order valence-electron chi connectivity index (χ3n) is 3.28. The second kappa shape index (κ2) is 7.51. The molecule has 1 aliphatic heterocycles. The molecule has 0 saturated carbocycles. The van der Waals surface area contributed by atoms with Crippen LogP contribution in [-0.4, -0.2) is 52.7 Å². The minimum atomic E-state index is -0.924. The van der Waals surface area contributed by atoms with Crippen molar-refractivity contribution in [1.82, 2.24) is 9.88 Å². The molecule has 1 amide bonds. The Labute approximate surface area is 131 Å². The summed E-state index contributed by atoms with van der Waals surface area (Å²) in [6, 6.07) is 1.68. The van der Waals surface area contributed by atoms with Gasteiger partial charge >= 0.3 is 5.97 Å². The smallest absolute Gasteiger partial charge is 0.305 e. The maximum absolute atomic E-state index is 12.5. The average Bonchev–Trinajstić information content (AvgIpc) is 2.95. The lowest BCUT2D eigenvalue weighted by Gasteiger charge is -2.25. The van der Waals surface area contributed by atoms with Crippen molar-refractivity contribution in [3.05, 3.63) is 28.5 Å². The third-order valence-corrected chi connectivity index (χ3v) is 3.72. The quantitative estimate of drug-likeness (QED) is 0.842. The van der Waals surface area contributed by atoms with Crippen LogP contribution in [0, 0.1) is 0 Å². The highest BCUT2D eigenvalue weighted by Crippen LogP contribution is 2.16. The van der Waals surface area contributed by atoms with Gasteiger partial charge in [-0.2, -0.15) is 0 Å². The molecule has 1 aromatic heterocycles. The van der Waals surface area contributed by atoms with E-state index in [1.165, 1.54) is 11.1 Å². The predicted octanol–water partition coefficient (Wildman–Crippen LogP) is 1.94. The van der Waals surface area contributed by atoms with Crippen molar-refractivity contribution in [3.63, 3.8) is 0 Å². The summed E-state index contributed by atoms with van der Waals surface area (Å²) in [7, 11) is 0. The number of halogens is 1. The molecule has 6 nitrogen and oxygen atoms in total. The zero-order valence-corrected chi connectivity index (χ0v) is 13.1. The Bertz CT molecular complexity index is 517. The number of carboxylic acids is 1. The van der Waals surface area contributed by atoms with Crippen molar-refractivity contribution in [2.24, 2.45) is 0 Å². The molecule has 0 aromatic carbocycles. The van der Waals surface area contributed by atoms with Crippen LogP contribution in [0.4, 0.5) is 0 Å². The fourth-order valence-electron chi connectivity index (χ4n) is 2.25. The largest absolute Gasteiger partial charge is 0.481 e. The number of nitrogens with zero attached hydrogens (tertiary/aromatic N) is 2. The number of hydrogen-bond donors (Lipinski definition) is 1. The summed E-state index contributed by atoms with van der Waals surface area (Å²) in [5.41, 5.74) is 0.438. The number of pyridine rings is 1. The highest BCUT2D eigenvalue weighted by atomic mass is 79.9. The minimum absolute atomic E-state index is 0.0112. The van der Waals surface area contributed by atoms with Crippen molar-refractivity contribution in [3.8, 4) is 0 Å². The van der Waals surface area contributed by atoms with Gasteiger partial charge in [0.1, 0.15) is 0 Å². The van der Waals surface area contributed by atoms with E-state index >= 15 is 0 Å². The zero-order valence-electron chi connectivity index (χ0n) is 11.5. The molecule has 0 aliphatic carbocycles. The van der Waals surface area contributed by atoms with Crippen molar-refractivity contribution in [1.29, 1.82) is 0 Å². The molecular weight excluding hydrogens is 340 g/mol. The number of amides is 1. The standard InChI is InChI=1S/C14H17BrN2O4/c15-11-6-10(7-16-8-11)14(20)17(4-3-13(18)19)9-12-2-1-5-21-12/h6-8,12H,1-5,9H2,(H,18,19)/t12-/m1/s1. The normalized spacial score (nSPS) is 17.7. The molecule has 1 aromatic rings. The van der Waals surface area contributed by atoms with E-state index in [2.05, 4.69) is 20.9 Å². The third kappa shape index (κ3) is 4.78. The lowest BCUT2D eigenvalue weighted by molar-refractivity contribution is -0.137. The second-order valence-electron chi connectivity index (χ2n) is 4.92. The Kier molecular flexibility index (Phi) is 5.69. The van der Waals surface area contributed by atoms with E-state index < -0.39 is 5.97 Å². The van der Waals surface area contributed by atoms with Crippen LogP contribution in [0.1, 0.15) is 29.6 Å². The lowest BCUT2D eigenvalue weighted by atomic mass is 10.2. The molecule has 0 unspecified atom stereocenters. The maximum atomic E-state index is 12.5. The van der Waals surface area contributed by atoms with E-state index in [0.29, 0.717) is 23.2 Å². The first-order valence-corrected chi connectivity index (χ1v) is 7.59. The number of ether oxygens (including phenoxy) is 1. The molecule has 1 N–H and O–H groups in total. The molecule has 0 radical (unpaired) electrons. The van der Waals surface area contributed by atoms with Crippen molar-refractivity contribution in [2.75, 3.05) is 19.7 Å². The average molecular weight is 357 g/mol. The molecule has 7 heteroatoms. The Morgan fingerprint density at radius 2 is 2.29 bits per heavy atom. The van der Waals surface area contributed by atoms with Gasteiger partial charge in [-0.15, -0.1) is 0 Å². The molecule has 2 rings (SSSR count). The van der Waals surface area contributed by atoms with E-state index in [1.807, 2.05) is 0 Å². The monoisotopic (exact) mass is 356 g/mol. The van der Waals surface area contributed by atoms with Crippen LogP contribution in [0.2, 0.25) is 0 Å². The van der Waals surface area contributed by atoms with Gasteiger partial charge in [0, 0.05) is 36.6 Å². The van der Waals surface area contributed by atoms with Crippen LogP contribution < -0.4 is 0 Å². The van der Waals surface area contributed by atoms with Crippen LogP contribution in [-0.2, 0) is 9.53 Å². The fourth-order valence-corrected chi connectivity index (χ4v) is 2.62. The maximum Gasteiger partial charge on any atom is 0.305 e. The topological polar surface area (TPSA) is 79.7 Å². The van der Waals surface area contributed by atoms with Crippen LogP contribution in [0.3, 0.4) is 0 Å². The lowest BCUT2D eigenvalue weighted by Crippen LogP contribution is -2.38. The second-order valence-corrected chi connectivity index (χ2v) is 5.84. The SMILES string of the molecule is O=C(O)CCN(C[C@H]1CCCO1)C(=O)c1cncc(Br)c1. The number of rotatable bonds is 6. The Balaban J connectivity index is 2.08. The molecule has 0 bridgehead atoms. The number of carbonyl (C=O) groups excluding carboxylic acids is 1. The van der Waals surface area contributed by atoms with Crippen LogP contribution in [0.15, 0.2) is 22.9 Å². The van der Waals surface area contributed by atoms with Gasteiger partial charge in [-0.05, 0) is 34.8 Å². The van der Waals surface area contributed by atoms with Crippen LogP contribution >= 0.6 is 15.9 Å². The van der Waals surface area contributed by atoms with E-state index in [1.54, 1.807) is 12.3 Å². The summed E-state index contributed by atoms with van der Waals surface area (Å²) in [6.45, 7) is 1.28. The Hall–Kier alpha value is -1.47. The minimum Gasteiger partial charge on any atom is -0.481 e. The van der Waals surface area contributed by atoms with Gasteiger partial charge in [0.05, 0.1) is 18.1 Å². The van der Waals surface area contributed by atoms with Crippen molar-refractivity contribution < 1.29 is 19.4 Å². The highest BCUT2D eigenvalue weighted by Gasteiger charge is 2.24. The molecule has 2 heterocycles. The van der Waals surface area contributed by atoms with Gasteiger partial charge in [0.15, 0.2) is 0 Å². The summed E-state index contributed by atoms with van der Waals surface area (Å²) in [6.07, 6.45) is 4.86. The van der Waals surface area contributed by atoms with Crippen molar-refractivity contribution >= 4 is 27.8 Å². The molecule has 1 aliphatic rings. The summed E-state index contributed by atoms with van der Waals surface area (Å²) in [5, 5.41) is 8.83. The summed E-state index contributed by atoms with van der Waals surface area (Å²) in [4.78, 5) is 28.8. The summed E-state index contributed by atoms with van der Waals surface area (Å²) < 4.78 is 6.25. The first-order valence-electron chi connectivity index (χ1n) is 6.79.